The topological polar surface area (TPSA) is 75.7 Å². The lowest BCUT2D eigenvalue weighted by Gasteiger charge is -2.22. The zero-order valence-corrected chi connectivity index (χ0v) is 14.1. The van der Waals surface area contributed by atoms with Gasteiger partial charge < -0.3 is 9.64 Å². The molecule has 1 saturated heterocycles. The summed E-state index contributed by atoms with van der Waals surface area (Å²) < 4.78 is 33.0. The maximum Gasteiger partial charge on any atom is 0.240 e. The number of fused-ring (bicyclic) bond motifs is 1. The van der Waals surface area contributed by atoms with E-state index in [2.05, 4.69) is 4.72 Å². The molecule has 0 bridgehead atoms. The van der Waals surface area contributed by atoms with Crippen molar-refractivity contribution in [3.8, 4) is 0 Å². The second kappa shape index (κ2) is 6.59. The molecule has 0 spiro atoms. The van der Waals surface area contributed by atoms with E-state index in [9.17, 15) is 13.2 Å². The molecule has 1 atom stereocenters. The van der Waals surface area contributed by atoms with Crippen LogP contribution in [-0.4, -0.2) is 40.6 Å². The number of nitrogens with zero attached hydrogens (tertiary/aromatic N) is 1. The largest absolute Gasteiger partial charge is 0.381 e. The van der Waals surface area contributed by atoms with Gasteiger partial charge in [0.05, 0.1) is 11.5 Å². The normalized spacial score (nSPS) is 21.3. The highest BCUT2D eigenvalue weighted by molar-refractivity contribution is 7.89. The number of carbonyl (C=O) groups is 1. The molecule has 1 fully saturated rings. The number of benzene rings is 1. The Balaban J connectivity index is 1.72. The maximum absolute atomic E-state index is 12.5. The molecule has 6 nitrogen and oxygen atoms in total. The highest BCUT2D eigenvalue weighted by atomic mass is 32.2. The molecule has 126 valence electrons. The Morgan fingerprint density at radius 2 is 2.26 bits per heavy atom. The first-order valence-electron chi connectivity index (χ1n) is 7.96. The highest BCUT2D eigenvalue weighted by Crippen LogP contribution is 2.30. The summed E-state index contributed by atoms with van der Waals surface area (Å²) in [6.07, 6.45) is 2.65. The van der Waals surface area contributed by atoms with Gasteiger partial charge in [0.1, 0.15) is 0 Å². The van der Waals surface area contributed by atoms with Gasteiger partial charge in [0, 0.05) is 32.3 Å². The summed E-state index contributed by atoms with van der Waals surface area (Å²) in [6, 6.07) is 4.97. The zero-order chi connectivity index (χ0) is 16.4. The molecule has 23 heavy (non-hydrogen) atoms. The summed E-state index contributed by atoms with van der Waals surface area (Å²) in [6.45, 7) is 3.91. The number of carbonyl (C=O) groups excluding carboxylic acids is 1. The summed E-state index contributed by atoms with van der Waals surface area (Å²) in [4.78, 5) is 13.5. The lowest BCUT2D eigenvalue weighted by molar-refractivity contribution is -0.116. The second-order valence-corrected chi connectivity index (χ2v) is 7.91. The van der Waals surface area contributed by atoms with Crippen LogP contribution < -0.4 is 9.62 Å². The van der Waals surface area contributed by atoms with Crippen molar-refractivity contribution < 1.29 is 17.9 Å². The zero-order valence-electron chi connectivity index (χ0n) is 13.2. The van der Waals surface area contributed by atoms with Crippen LogP contribution in [-0.2, 0) is 26.0 Å². The van der Waals surface area contributed by atoms with Crippen LogP contribution in [0.2, 0.25) is 0 Å². The molecule has 2 aliphatic heterocycles. The van der Waals surface area contributed by atoms with Gasteiger partial charge in [-0.1, -0.05) is 0 Å². The molecule has 1 unspecified atom stereocenters. The smallest absolute Gasteiger partial charge is 0.240 e. The lowest BCUT2D eigenvalue weighted by atomic mass is 10.0. The maximum atomic E-state index is 12.5. The predicted molar refractivity (Wildman–Crippen MR) is 86.9 cm³/mol. The van der Waals surface area contributed by atoms with Crippen molar-refractivity contribution >= 4 is 21.6 Å². The lowest BCUT2D eigenvalue weighted by Crippen LogP contribution is -2.33. The van der Waals surface area contributed by atoms with E-state index in [4.69, 9.17) is 4.74 Å². The number of anilines is 1. The van der Waals surface area contributed by atoms with E-state index in [-0.39, 0.29) is 16.7 Å². The summed E-state index contributed by atoms with van der Waals surface area (Å²) in [5.41, 5.74) is 1.72. The Kier molecular flexibility index (Phi) is 4.70. The van der Waals surface area contributed by atoms with Crippen LogP contribution in [0.1, 0.15) is 25.3 Å². The molecule has 0 aliphatic carbocycles. The second-order valence-electron chi connectivity index (χ2n) is 6.15. The van der Waals surface area contributed by atoms with Crippen molar-refractivity contribution in [2.45, 2.75) is 31.1 Å². The quantitative estimate of drug-likeness (QED) is 0.898. The van der Waals surface area contributed by atoms with Crippen LogP contribution in [0.5, 0.6) is 0 Å². The van der Waals surface area contributed by atoms with E-state index in [1.54, 1.807) is 23.1 Å². The number of sulfonamides is 1. The SMILES string of the molecule is CC(=O)N1CCc2cc(S(=O)(=O)NCC3CCCOC3)ccc21. The third-order valence-corrected chi connectivity index (χ3v) is 5.87. The van der Waals surface area contributed by atoms with Crippen LogP contribution in [0, 0.1) is 5.92 Å². The molecule has 2 aliphatic rings. The van der Waals surface area contributed by atoms with E-state index < -0.39 is 10.0 Å². The predicted octanol–water partition coefficient (Wildman–Crippen LogP) is 1.30. The Morgan fingerprint density at radius 1 is 1.43 bits per heavy atom. The molecule has 0 radical (unpaired) electrons. The van der Waals surface area contributed by atoms with Crippen LogP contribution in [0.3, 0.4) is 0 Å². The van der Waals surface area contributed by atoms with Gasteiger partial charge in [0.25, 0.3) is 0 Å². The molecule has 0 saturated carbocycles. The van der Waals surface area contributed by atoms with Crippen molar-refractivity contribution in [2.24, 2.45) is 5.92 Å². The third kappa shape index (κ3) is 3.57. The molecule has 0 aromatic heterocycles. The fraction of sp³-hybridized carbons (Fsp3) is 0.562. The van der Waals surface area contributed by atoms with Crippen LogP contribution in [0.15, 0.2) is 23.1 Å². The van der Waals surface area contributed by atoms with Crippen molar-refractivity contribution in [3.05, 3.63) is 23.8 Å². The van der Waals surface area contributed by atoms with Gasteiger partial charge in [-0.05, 0) is 48.9 Å². The van der Waals surface area contributed by atoms with Crippen LogP contribution in [0.25, 0.3) is 0 Å². The van der Waals surface area contributed by atoms with E-state index in [1.807, 2.05) is 0 Å². The van der Waals surface area contributed by atoms with Crippen molar-refractivity contribution in [3.63, 3.8) is 0 Å². The summed E-state index contributed by atoms with van der Waals surface area (Å²) in [5.74, 6) is 0.218. The molecule has 1 amide bonds. The molecule has 1 aromatic rings. The minimum absolute atomic E-state index is 0.0187. The Labute approximate surface area is 136 Å². The molecular formula is C16H22N2O4S. The first-order chi connectivity index (χ1) is 11.0. The number of rotatable bonds is 4. The molecule has 7 heteroatoms. The van der Waals surface area contributed by atoms with E-state index >= 15 is 0 Å². The number of hydrogen-bond acceptors (Lipinski definition) is 4. The Bertz CT molecular complexity index is 696. The number of ether oxygens (including phenoxy) is 1. The standard InChI is InChI=1S/C16H22N2O4S/c1-12(19)18-7-6-14-9-15(4-5-16(14)18)23(20,21)17-10-13-3-2-8-22-11-13/h4-5,9,13,17H,2-3,6-8,10-11H2,1H3. The minimum atomic E-state index is -3.53. The van der Waals surface area contributed by atoms with E-state index in [1.165, 1.54) is 6.92 Å². The first-order valence-corrected chi connectivity index (χ1v) is 9.44. The van der Waals surface area contributed by atoms with Gasteiger partial charge in [-0.25, -0.2) is 13.1 Å². The minimum Gasteiger partial charge on any atom is -0.381 e. The molecule has 1 aromatic carbocycles. The average Bonchev–Trinajstić information content (AvgIpc) is 2.97. The fourth-order valence-electron chi connectivity index (χ4n) is 3.15. The number of amides is 1. The van der Waals surface area contributed by atoms with Crippen LogP contribution in [0.4, 0.5) is 5.69 Å². The van der Waals surface area contributed by atoms with Gasteiger partial charge in [-0.15, -0.1) is 0 Å². The summed E-state index contributed by atoms with van der Waals surface area (Å²) >= 11 is 0. The van der Waals surface area contributed by atoms with Gasteiger partial charge in [0.2, 0.25) is 15.9 Å². The Morgan fingerprint density at radius 3 is 2.96 bits per heavy atom. The number of hydrogen-bond donors (Lipinski definition) is 1. The van der Waals surface area contributed by atoms with Crippen molar-refractivity contribution in [1.29, 1.82) is 0 Å². The molecule has 3 rings (SSSR count). The summed E-state index contributed by atoms with van der Waals surface area (Å²) in [5, 5.41) is 0. The van der Waals surface area contributed by atoms with Gasteiger partial charge in [0.15, 0.2) is 0 Å². The fourth-order valence-corrected chi connectivity index (χ4v) is 4.32. The van der Waals surface area contributed by atoms with Gasteiger partial charge in [-0.3, -0.25) is 4.79 Å². The molecule has 1 N–H and O–H groups in total. The Hall–Kier alpha value is -1.44. The van der Waals surface area contributed by atoms with E-state index in [0.717, 1.165) is 30.7 Å². The monoisotopic (exact) mass is 338 g/mol. The third-order valence-electron chi connectivity index (χ3n) is 4.45. The number of nitrogens with one attached hydrogen (secondary N) is 1. The molecular weight excluding hydrogens is 316 g/mol. The summed E-state index contributed by atoms with van der Waals surface area (Å²) in [7, 11) is -3.53. The van der Waals surface area contributed by atoms with Gasteiger partial charge >= 0.3 is 0 Å². The van der Waals surface area contributed by atoms with E-state index in [0.29, 0.717) is 26.1 Å². The highest BCUT2D eigenvalue weighted by Gasteiger charge is 2.25. The van der Waals surface area contributed by atoms with Crippen molar-refractivity contribution in [2.75, 3.05) is 31.2 Å². The average molecular weight is 338 g/mol. The molecule has 2 heterocycles. The first kappa shape index (κ1) is 16.4. The van der Waals surface area contributed by atoms with Gasteiger partial charge in [-0.2, -0.15) is 0 Å². The van der Waals surface area contributed by atoms with Crippen molar-refractivity contribution in [1.82, 2.24) is 4.72 Å². The van der Waals surface area contributed by atoms with Crippen LogP contribution >= 0.6 is 0 Å².